The Morgan fingerprint density at radius 2 is 2.20 bits per heavy atom. The normalized spacial score (nSPS) is 26.5. The minimum absolute atomic E-state index is 0.175. The van der Waals surface area contributed by atoms with Crippen molar-refractivity contribution in [2.24, 2.45) is 5.92 Å². The van der Waals surface area contributed by atoms with Crippen LogP contribution >= 0.6 is 0 Å². The van der Waals surface area contributed by atoms with Crippen LogP contribution in [0.2, 0.25) is 0 Å². The smallest absolute Gasteiger partial charge is 0.303 e. The summed E-state index contributed by atoms with van der Waals surface area (Å²) in [5, 5.41) is 8.79. The van der Waals surface area contributed by atoms with Crippen LogP contribution in [0.4, 0.5) is 0 Å². The zero-order valence-corrected chi connectivity index (χ0v) is 10.1. The van der Waals surface area contributed by atoms with Gasteiger partial charge >= 0.3 is 5.97 Å². The Morgan fingerprint density at radius 1 is 1.53 bits per heavy atom. The van der Waals surface area contributed by atoms with Crippen LogP contribution in [0.25, 0.3) is 0 Å². The summed E-state index contributed by atoms with van der Waals surface area (Å²) in [6.07, 6.45) is 3.56. The van der Waals surface area contributed by atoms with Gasteiger partial charge in [-0.2, -0.15) is 0 Å². The molecule has 1 rings (SSSR count). The van der Waals surface area contributed by atoms with E-state index in [2.05, 4.69) is 25.7 Å². The maximum absolute atomic E-state index is 10.7. The number of rotatable bonds is 4. The van der Waals surface area contributed by atoms with Crippen molar-refractivity contribution in [3.63, 3.8) is 0 Å². The third kappa shape index (κ3) is 3.49. The van der Waals surface area contributed by atoms with Crippen LogP contribution in [0.1, 0.15) is 46.5 Å². The van der Waals surface area contributed by atoms with E-state index in [1.807, 2.05) is 0 Å². The van der Waals surface area contributed by atoms with Crippen molar-refractivity contribution in [1.29, 1.82) is 0 Å². The predicted molar refractivity (Wildman–Crippen MR) is 60.9 cm³/mol. The van der Waals surface area contributed by atoms with Crippen molar-refractivity contribution in [2.45, 2.75) is 52.0 Å². The third-order valence-corrected chi connectivity index (χ3v) is 3.41. The molecule has 0 aliphatic carbocycles. The maximum atomic E-state index is 10.7. The average Bonchev–Trinajstić information content (AvgIpc) is 2.08. The molecule has 0 aromatic carbocycles. The van der Waals surface area contributed by atoms with Gasteiger partial charge in [0.15, 0.2) is 0 Å². The summed E-state index contributed by atoms with van der Waals surface area (Å²) in [5.74, 6) is -0.287. The fourth-order valence-electron chi connectivity index (χ4n) is 2.68. The van der Waals surface area contributed by atoms with E-state index in [0.29, 0.717) is 12.3 Å². The van der Waals surface area contributed by atoms with E-state index in [1.54, 1.807) is 0 Å². The van der Waals surface area contributed by atoms with E-state index in [4.69, 9.17) is 5.11 Å². The molecule has 1 fully saturated rings. The van der Waals surface area contributed by atoms with Gasteiger partial charge < -0.3 is 5.11 Å². The molecule has 0 spiro atoms. The first kappa shape index (κ1) is 12.5. The number of likely N-dealkylation sites (tertiary alicyclic amines) is 1. The van der Waals surface area contributed by atoms with Crippen molar-refractivity contribution in [3.05, 3.63) is 0 Å². The molecule has 0 bridgehead atoms. The number of carboxylic acids is 1. The van der Waals surface area contributed by atoms with Gasteiger partial charge in [-0.3, -0.25) is 9.69 Å². The molecule has 1 atom stereocenters. The van der Waals surface area contributed by atoms with Crippen LogP contribution < -0.4 is 0 Å². The van der Waals surface area contributed by atoms with E-state index in [9.17, 15) is 4.79 Å². The highest BCUT2D eigenvalue weighted by molar-refractivity contribution is 5.67. The van der Waals surface area contributed by atoms with Crippen molar-refractivity contribution in [2.75, 3.05) is 13.1 Å². The molecule has 0 radical (unpaired) electrons. The standard InChI is InChI=1S/C12H23NO2/c1-4-6-13-7-5-10(8-11(14)15)9-12(13,2)3/h10H,4-9H2,1-3H3,(H,14,15). The molecule has 3 heteroatoms. The van der Waals surface area contributed by atoms with Gasteiger partial charge in [-0.15, -0.1) is 0 Å². The van der Waals surface area contributed by atoms with Gasteiger partial charge in [0.25, 0.3) is 0 Å². The summed E-state index contributed by atoms with van der Waals surface area (Å²) in [5.41, 5.74) is 0.175. The lowest BCUT2D eigenvalue weighted by Crippen LogP contribution is -2.50. The largest absolute Gasteiger partial charge is 0.481 e. The van der Waals surface area contributed by atoms with Crippen molar-refractivity contribution in [1.82, 2.24) is 4.90 Å². The van der Waals surface area contributed by atoms with Crippen molar-refractivity contribution < 1.29 is 9.90 Å². The first-order valence-corrected chi connectivity index (χ1v) is 5.92. The minimum atomic E-state index is -0.653. The molecule has 0 aromatic heterocycles. The number of carbonyl (C=O) groups is 1. The van der Waals surface area contributed by atoms with Crippen LogP contribution in [0, 0.1) is 5.92 Å². The molecule has 0 aromatic rings. The summed E-state index contributed by atoms with van der Waals surface area (Å²) in [6.45, 7) is 8.85. The van der Waals surface area contributed by atoms with E-state index in [-0.39, 0.29) is 5.54 Å². The number of hydrogen-bond acceptors (Lipinski definition) is 2. The van der Waals surface area contributed by atoms with Crippen molar-refractivity contribution >= 4 is 5.97 Å². The van der Waals surface area contributed by atoms with Crippen LogP contribution in [0.5, 0.6) is 0 Å². The van der Waals surface area contributed by atoms with Crippen LogP contribution in [-0.2, 0) is 4.79 Å². The molecular formula is C12H23NO2. The number of hydrogen-bond donors (Lipinski definition) is 1. The predicted octanol–water partition coefficient (Wildman–Crippen LogP) is 2.36. The number of piperidine rings is 1. The molecule has 88 valence electrons. The van der Waals surface area contributed by atoms with Gasteiger partial charge in [0.2, 0.25) is 0 Å². The monoisotopic (exact) mass is 213 g/mol. The van der Waals surface area contributed by atoms with E-state index in [1.165, 1.54) is 6.42 Å². The van der Waals surface area contributed by atoms with Gasteiger partial charge in [0, 0.05) is 12.0 Å². The second-order valence-corrected chi connectivity index (χ2v) is 5.26. The summed E-state index contributed by atoms with van der Waals surface area (Å²) < 4.78 is 0. The average molecular weight is 213 g/mol. The lowest BCUT2D eigenvalue weighted by Gasteiger charge is -2.45. The molecule has 0 amide bonds. The number of nitrogens with zero attached hydrogens (tertiary/aromatic N) is 1. The quantitative estimate of drug-likeness (QED) is 0.779. The summed E-state index contributed by atoms with van der Waals surface area (Å²) in [7, 11) is 0. The zero-order valence-electron chi connectivity index (χ0n) is 10.1. The Morgan fingerprint density at radius 3 is 2.67 bits per heavy atom. The van der Waals surface area contributed by atoms with Gasteiger partial charge in [-0.05, 0) is 52.1 Å². The Hall–Kier alpha value is -0.570. The summed E-state index contributed by atoms with van der Waals surface area (Å²) in [6, 6.07) is 0. The SMILES string of the molecule is CCCN1CCC(CC(=O)O)CC1(C)C. The highest BCUT2D eigenvalue weighted by atomic mass is 16.4. The molecule has 15 heavy (non-hydrogen) atoms. The Labute approximate surface area is 92.5 Å². The van der Waals surface area contributed by atoms with Gasteiger partial charge in [-0.25, -0.2) is 0 Å². The molecule has 1 saturated heterocycles. The number of carboxylic acid groups (broad SMARTS) is 1. The summed E-state index contributed by atoms with van der Waals surface area (Å²) >= 11 is 0. The van der Waals surface area contributed by atoms with E-state index < -0.39 is 5.97 Å². The molecule has 0 saturated carbocycles. The molecule has 1 N–H and O–H groups in total. The molecular weight excluding hydrogens is 190 g/mol. The van der Waals surface area contributed by atoms with E-state index >= 15 is 0 Å². The lowest BCUT2D eigenvalue weighted by atomic mass is 9.81. The highest BCUT2D eigenvalue weighted by Crippen LogP contribution is 2.33. The fraction of sp³-hybridized carbons (Fsp3) is 0.917. The third-order valence-electron chi connectivity index (χ3n) is 3.41. The second-order valence-electron chi connectivity index (χ2n) is 5.26. The van der Waals surface area contributed by atoms with Gasteiger partial charge in [0.1, 0.15) is 0 Å². The Bertz CT molecular complexity index is 226. The Balaban J connectivity index is 2.52. The van der Waals surface area contributed by atoms with E-state index in [0.717, 1.165) is 25.9 Å². The first-order chi connectivity index (χ1) is 6.95. The van der Waals surface area contributed by atoms with Crippen molar-refractivity contribution in [3.8, 4) is 0 Å². The maximum Gasteiger partial charge on any atom is 0.303 e. The van der Waals surface area contributed by atoms with Crippen LogP contribution in [-0.4, -0.2) is 34.6 Å². The molecule has 1 unspecified atom stereocenters. The highest BCUT2D eigenvalue weighted by Gasteiger charge is 2.34. The number of aliphatic carboxylic acids is 1. The Kier molecular flexibility index (Phi) is 4.14. The molecule has 3 nitrogen and oxygen atoms in total. The topological polar surface area (TPSA) is 40.5 Å². The van der Waals surface area contributed by atoms with Crippen LogP contribution in [0.3, 0.4) is 0 Å². The molecule has 1 aliphatic heterocycles. The second kappa shape index (κ2) is 4.97. The van der Waals surface area contributed by atoms with Gasteiger partial charge in [0.05, 0.1) is 0 Å². The minimum Gasteiger partial charge on any atom is -0.481 e. The molecule has 1 heterocycles. The molecule has 1 aliphatic rings. The van der Waals surface area contributed by atoms with Crippen LogP contribution in [0.15, 0.2) is 0 Å². The lowest BCUT2D eigenvalue weighted by molar-refractivity contribution is -0.138. The first-order valence-electron chi connectivity index (χ1n) is 5.92. The van der Waals surface area contributed by atoms with Gasteiger partial charge in [-0.1, -0.05) is 6.92 Å². The fourth-order valence-corrected chi connectivity index (χ4v) is 2.68. The zero-order chi connectivity index (χ0) is 11.5. The summed E-state index contributed by atoms with van der Waals surface area (Å²) in [4.78, 5) is 13.2.